The van der Waals surface area contributed by atoms with Crippen LogP contribution in [0.25, 0.3) is 77.2 Å². The van der Waals surface area contributed by atoms with E-state index in [4.69, 9.17) is 0 Å². The van der Waals surface area contributed by atoms with Crippen molar-refractivity contribution in [2.75, 3.05) is 0 Å². The molecule has 0 saturated carbocycles. The van der Waals surface area contributed by atoms with Crippen LogP contribution in [-0.2, 0) is 5.41 Å². The van der Waals surface area contributed by atoms with Crippen molar-refractivity contribution in [1.29, 1.82) is 0 Å². The quantitative estimate of drug-likeness (QED) is 0.163. The summed E-state index contributed by atoms with van der Waals surface area (Å²) in [6, 6.07) is 75.8. The summed E-state index contributed by atoms with van der Waals surface area (Å²) in [4.78, 5) is 0. The fourth-order valence-electron chi connectivity index (χ4n) is 13.9. The van der Waals surface area contributed by atoms with E-state index in [1.165, 1.54) is 122 Å². The van der Waals surface area contributed by atoms with Crippen molar-refractivity contribution >= 4 is 43.6 Å². The number of benzene rings is 9. The van der Waals surface area contributed by atoms with Gasteiger partial charge in [-0.3, -0.25) is 0 Å². The maximum absolute atomic E-state index is 2.76. The van der Waals surface area contributed by atoms with Crippen LogP contribution >= 0.6 is 0 Å². The molecule has 2 aromatic heterocycles. The van der Waals surface area contributed by atoms with Crippen LogP contribution in [0.1, 0.15) is 63.6 Å². The molecule has 5 atom stereocenters. The normalized spacial score (nSPS) is 20.0. The Bertz CT molecular complexity index is 3920. The molecular formula is C65H46N2. The predicted octanol–water partition coefficient (Wildman–Crippen LogP) is 16.3. The smallest absolute Gasteiger partial charge is 0.0588 e. The molecule has 2 bridgehead atoms. The molecule has 0 aliphatic heterocycles. The lowest BCUT2D eigenvalue weighted by molar-refractivity contribution is 0.467. The van der Waals surface area contributed by atoms with E-state index in [1.807, 2.05) is 0 Å². The van der Waals surface area contributed by atoms with Crippen molar-refractivity contribution in [3.8, 4) is 33.6 Å². The lowest BCUT2D eigenvalue weighted by atomic mass is 9.64. The molecule has 9 aromatic carbocycles. The third-order valence-electron chi connectivity index (χ3n) is 16.5. The number of nitrogens with zero attached hydrogens (tertiary/aromatic N) is 2. The Morgan fingerprint density at radius 1 is 0.478 bits per heavy atom. The molecule has 15 rings (SSSR count). The molecule has 2 heterocycles. The maximum atomic E-state index is 2.76. The minimum absolute atomic E-state index is 0.0975. The second kappa shape index (κ2) is 13.6. The number of aryl methyl sites for hydroxylation is 1. The molecule has 2 heteroatoms. The zero-order valence-electron chi connectivity index (χ0n) is 37.5. The van der Waals surface area contributed by atoms with Gasteiger partial charge < -0.3 is 9.13 Å². The molecule has 316 valence electrons. The average molecular weight is 855 g/mol. The van der Waals surface area contributed by atoms with Gasteiger partial charge in [0, 0.05) is 50.7 Å². The van der Waals surface area contributed by atoms with E-state index in [9.17, 15) is 0 Å². The van der Waals surface area contributed by atoms with Crippen LogP contribution < -0.4 is 0 Å². The second-order valence-corrected chi connectivity index (χ2v) is 19.5. The average Bonchev–Trinajstić information content (AvgIpc) is 4.07. The van der Waals surface area contributed by atoms with E-state index in [2.05, 4.69) is 241 Å². The second-order valence-electron chi connectivity index (χ2n) is 19.5. The van der Waals surface area contributed by atoms with E-state index >= 15 is 0 Å². The molecule has 2 nitrogen and oxygen atoms in total. The number of fused-ring (bicyclic) bond motifs is 11. The van der Waals surface area contributed by atoms with Crippen molar-refractivity contribution in [3.63, 3.8) is 0 Å². The molecule has 0 N–H and O–H groups in total. The first-order valence-electron chi connectivity index (χ1n) is 24.0. The Labute approximate surface area is 390 Å². The Balaban J connectivity index is 1.03. The zero-order valence-corrected chi connectivity index (χ0v) is 37.5. The fraction of sp³-hybridized carbons (Fsp3) is 0.108. The summed E-state index contributed by atoms with van der Waals surface area (Å²) in [6.45, 7) is 4.79. The minimum atomic E-state index is -0.439. The van der Waals surface area contributed by atoms with Gasteiger partial charge in [-0.1, -0.05) is 183 Å². The van der Waals surface area contributed by atoms with E-state index in [-0.39, 0.29) is 23.7 Å². The molecule has 0 fully saturated rings. The molecule has 11 aromatic rings. The van der Waals surface area contributed by atoms with Gasteiger partial charge in [0.2, 0.25) is 0 Å². The first-order chi connectivity index (χ1) is 33.1. The van der Waals surface area contributed by atoms with Crippen molar-refractivity contribution in [1.82, 2.24) is 9.13 Å². The van der Waals surface area contributed by atoms with Crippen molar-refractivity contribution in [2.24, 2.45) is 5.92 Å². The lowest BCUT2D eigenvalue weighted by Gasteiger charge is -2.37. The zero-order chi connectivity index (χ0) is 44.1. The SMILES string of the molecule is Cc1ccccc1-c1ccc2c3c1C(C(C)c1ccc(-n4c5ccccc5c5ccccc54)cc1)C1=CC4C(C=C1)c1ccc5c6ccccc6n(-c6ccccc6)c5c1C34c1ccccc1-2. The van der Waals surface area contributed by atoms with Crippen molar-refractivity contribution in [2.45, 2.75) is 37.0 Å². The highest BCUT2D eigenvalue weighted by Crippen LogP contribution is 2.71. The van der Waals surface area contributed by atoms with Gasteiger partial charge in [0.1, 0.15) is 0 Å². The van der Waals surface area contributed by atoms with Gasteiger partial charge in [0.05, 0.1) is 27.5 Å². The van der Waals surface area contributed by atoms with Crippen LogP contribution in [0.5, 0.6) is 0 Å². The highest BCUT2D eigenvalue weighted by Gasteiger charge is 2.61. The number of rotatable bonds is 5. The number of aromatic nitrogens is 2. The topological polar surface area (TPSA) is 9.86 Å². The minimum Gasteiger partial charge on any atom is -0.309 e. The molecule has 4 aliphatic carbocycles. The maximum Gasteiger partial charge on any atom is 0.0588 e. The Kier molecular flexibility index (Phi) is 7.55. The van der Waals surface area contributed by atoms with Crippen LogP contribution in [0.2, 0.25) is 0 Å². The fourth-order valence-corrected chi connectivity index (χ4v) is 13.9. The summed E-state index contributed by atoms with van der Waals surface area (Å²) in [5, 5.41) is 5.19. The van der Waals surface area contributed by atoms with Gasteiger partial charge in [-0.25, -0.2) is 0 Å². The van der Waals surface area contributed by atoms with Crippen LogP contribution in [0.3, 0.4) is 0 Å². The molecule has 5 unspecified atom stereocenters. The number of hydrogen-bond donors (Lipinski definition) is 0. The molecule has 0 radical (unpaired) electrons. The van der Waals surface area contributed by atoms with Gasteiger partial charge in [0.25, 0.3) is 0 Å². The third kappa shape index (κ3) is 4.75. The molecular weight excluding hydrogens is 809 g/mol. The lowest BCUT2D eigenvalue weighted by Crippen LogP contribution is -2.33. The van der Waals surface area contributed by atoms with Crippen LogP contribution in [0, 0.1) is 12.8 Å². The summed E-state index contributed by atoms with van der Waals surface area (Å²) < 4.78 is 5.03. The van der Waals surface area contributed by atoms with Crippen molar-refractivity contribution < 1.29 is 0 Å². The summed E-state index contributed by atoms with van der Waals surface area (Å²) in [5.41, 5.74) is 23.9. The van der Waals surface area contributed by atoms with Crippen molar-refractivity contribution in [3.05, 3.63) is 263 Å². The standard InChI is InChI=1S/C65H46N2/c1-39-16-6-7-19-45(39)51-34-35-52-46-20-8-12-24-55(46)65-56-38-42(30-33-47(56)53-36-37-54-50-23-11-15-27-59(50)67(64(54)63(53)65)43-17-4-3-5-18-43)60(61(51)62(52)65)40(2)41-28-31-44(32-29-41)66-57-25-13-9-21-48(57)49-22-10-14-26-58(49)66/h3-38,40,47,56,60H,1-2H3. The molecule has 1 spiro atoms. The van der Waals surface area contributed by atoms with Gasteiger partial charge in [-0.2, -0.15) is 0 Å². The van der Waals surface area contributed by atoms with E-state index < -0.39 is 5.41 Å². The Morgan fingerprint density at radius 2 is 1.07 bits per heavy atom. The summed E-state index contributed by atoms with van der Waals surface area (Å²) >= 11 is 0. The highest BCUT2D eigenvalue weighted by atomic mass is 15.0. The molecule has 0 saturated heterocycles. The Morgan fingerprint density at radius 3 is 1.81 bits per heavy atom. The first kappa shape index (κ1) is 37.3. The molecule has 4 aliphatic rings. The number of para-hydroxylation sites is 4. The summed E-state index contributed by atoms with van der Waals surface area (Å²) in [7, 11) is 0. The Hall–Kier alpha value is -7.94. The first-order valence-corrected chi connectivity index (χ1v) is 24.0. The van der Waals surface area contributed by atoms with E-state index in [0.717, 1.165) is 0 Å². The predicted molar refractivity (Wildman–Crippen MR) is 278 cm³/mol. The van der Waals surface area contributed by atoms with Crippen LogP contribution in [0.15, 0.2) is 224 Å². The highest BCUT2D eigenvalue weighted by molar-refractivity contribution is 6.13. The van der Waals surface area contributed by atoms with Gasteiger partial charge >= 0.3 is 0 Å². The summed E-state index contributed by atoms with van der Waals surface area (Å²) in [6.07, 6.45) is 7.88. The molecule has 0 amide bonds. The van der Waals surface area contributed by atoms with E-state index in [1.54, 1.807) is 0 Å². The van der Waals surface area contributed by atoms with Crippen LogP contribution in [0.4, 0.5) is 0 Å². The monoisotopic (exact) mass is 854 g/mol. The number of hydrogen-bond acceptors (Lipinski definition) is 0. The number of allylic oxidation sites excluding steroid dienone is 4. The van der Waals surface area contributed by atoms with Crippen LogP contribution in [-0.4, -0.2) is 9.13 Å². The van der Waals surface area contributed by atoms with Gasteiger partial charge in [-0.05, 0) is 122 Å². The van der Waals surface area contributed by atoms with E-state index in [0.29, 0.717) is 0 Å². The summed E-state index contributed by atoms with van der Waals surface area (Å²) in [5.74, 6) is 0.678. The van der Waals surface area contributed by atoms with Gasteiger partial charge in [0.15, 0.2) is 0 Å². The largest absolute Gasteiger partial charge is 0.309 e. The van der Waals surface area contributed by atoms with Gasteiger partial charge in [-0.15, -0.1) is 0 Å². The third-order valence-corrected chi connectivity index (χ3v) is 16.5. The molecule has 67 heavy (non-hydrogen) atoms.